The van der Waals surface area contributed by atoms with Crippen LogP contribution in [0.15, 0.2) is 17.1 Å². The van der Waals surface area contributed by atoms with E-state index in [9.17, 15) is 4.79 Å². The third-order valence-corrected chi connectivity index (χ3v) is 3.23. The summed E-state index contributed by atoms with van der Waals surface area (Å²) in [4.78, 5) is 14.2. The molecule has 1 fully saturated rings. The zero-order valence-electron chi connectivity index (χ0n) is 8.33. The van der Waals surface area contributed by atoms with Gasteiger partial charge < -0.3 is 9.47 Å². The highest BCUT2D eigenvalue weighted by molar-refractivity contribution is 6.32. The molecule has 1 saturated carbocycles. The van der Waals surface area contributed by atoms with Crippen LogP contribution >= 0.6 is 11.6 Å². The zero-order valence-corrected chi connectivity index (χ0v) is 9.08. The quantitative estimate of drug-likeness (QED) is 0.586. The standard InChI is InChI=1S/C11H8ClNO3/c12-8-3-7(11(1-2-11)13-5-14)4-9-10(8)16-6-15-9/h3-4H,1-2,6H2. The first-order valence-electron chi connectivity index (χ1n) is 4.94. The third kappa shape index (κ3) is 1.31. The molecule has 1 aromatic carbocycles. The maximum absolute atomic E-state index is 10.4. The van der Waals surface area contributed by atoms with E-state index in [-0.39, 0.29) is 6.79 Å². The van der Waals surface area contributed by atoms with Crippen molar-refractivity contribution in [1.29, 1.82) is 0 Å². The SMILES string of the molecule is O=C=NC1(c2cc(Cl)c3c(c2)OCO3)CC1. The summed E-state index contributed by atoms with van der Waals surface area (Å²) in [6.07, 6.45) is 3.31. The molecule has 82 valence electrons. The molecule has 0 aromatic heterocycles. The summed E-state index contributed by atoms with van der Waals surface area (Å²) >= 11 is 6.06. The molecule has 1 aliphatic carbocycles. The Kier molecular flexibility index (Phi) is 1.96. The first-order chi connectivity index (χ1) is 7.75. The van der Waals surface area contributed by atoms with Gasteiger partial charge in [-0.05, 0) is 30.5 Å². The minimum absolute atomic E-state index is 0.183. The van der Waals surface area contributed by atoms with Crippen molar-refractivity contribution >= 4 is 17.7 Å². The molecule has 0 spiro atoms. The number of ether oxygens (including phenoxy) is 2. The normalized spacial score (nSPS) is 19.1. The highest BCUT2D eigenvalue weighted by atomic mass is 35.5. The topological polar surface area (TPSA) is 47.9 Å². The largest absolute Gasteiger partial charge is 0.454 e. The molecule has 16 heavy (non-hydrogen) atoms. The van der Waals surface area contributed by atoms with Gasteiger partial charge >= 0.3 is 0 Å². The minimum Gasteiger partial charge on any atom is -0.454 e. The van der Waals surface area contributed by atoms with Gasteiger partial charge in [0.25, 0.3) is 0 Å². The fourth-order valence-corrected chi connectivity index (χ4v) is 2.17. The molecule has 0 radical (unpaired) electrons. The second-order valence-electron chi connectivity index (χ2n) is 3.93. The molecule has 3 rings (SSSR count). The van der Waals surface area contributed by atoms with Crippen LogP contribution < -0.4 is 9.47 Å². The summed E-state index contributed by atoms with van der Waals surface area (Å²) in [5.41, 5.74) is 0.469. The Balaban J connectivity index is 2.10. The molecule has 1 aliphatic heterocycles. The van der Waals surface area contributed by atoms with Gasteiger partial charge in [-0.1, -0.05) is 11.6 Å². The first-order valence-corrected chi connectivity index (χ1v) is 5.32. The lowest BCUT2D eigenvalue weighted by molar-refractivity contribution is 0.174. The van der Waals surface area contributed by atoms with Crippen molar-refractivity contribution < 1.29 is 14.3 Å². The Hall–Kier alpha value is -1.51. The maximum atomic E-state index is 10.4. The number of fused-ring (bicyclic) bond motifs is 1. The van der Waals surface area contributed by atoms with Gasteiger partial charge in [0.1, 0.15) is 0 Å². The van der Waals surface area contributed by atoms with Crippen LogP contribution in [-0.2, 0) is 10.3 Å². The summed E-state index contributed by atoms with van der Waals surface area (Å²) in [6.45, 7) is 0.183. The highest BCUT2D eigenvalue weighted by Gasteiger charge is 2.45. The van der Waals surface area contributed by atoms with E-state index < -0.39 is 5.54 Å². The van der Waals surface area contributed by atoms with Gasteiger partial charge in [-0.15, -0.1) is 0 Å². The van der Waals surface area contributed by atoms with E-state index in [0.29, 0.717) is 16.5 Å². The van der Waals surface area contributed by atoms with Gasteiger partial charge in [-0.25, -0.2) is 4.79 Å². The molecule has 4 nitrogen and oxygen atoms in total. The first kappa shape index (κ1) is 9.70. The smallest absolute Gasteiger partial charge is 0.235 e. The van der Waals surface area contributed by atoms with Crippen molar-refractivity contribution in [1.82, 2.24) is 0 Å². The Bertz CT molecular complexity index is 504. The van der Waals surface area contributed by atoms with Crippen LogP contribution in [0.25, 0.3) is 0 Å². The van der Waals surface area contributed by atoms with Gasteiger partial charge in [0.15, 0.2) is 11.5 Å². The van der Waals surface area contributed by atoms with Crippen molar-refractivity contribution in [2.24, 2.45) is 4.99 Å². The Morgan fingerprint density at radius 1 is 1.38 bits per heavy atom. The number of nitrogens with zero attached hydrogens (tertiary/aromatic N) is 1. The molecule has 0 N–H and O–H groups in total. The molecule has 0 bridgehead atoms. The van der Waals surface area contributed by atoms with E-state index in [0.717, 1.165) is 18.4 Å². The van der Waals surface area contributed by atoms with Crippen molar-refractivity contribution in [3.8, 4) is 11.5 Å². The van der Waals surface area contributed by atoms with E-state index in [4.69, 9.17) is 21.1 Å². The maximum Gasteiger partial charge on any atom is 0.235 e. The number of hydrogen-bond acceptors (Lipinski definition) is 4. The molecule has 1 aromatic rings. The number of benzene rings is 1. The van der Waals surface area contributed by atoms with E-state index in [2.05, 4.69) is 4.99 Å². The van der Waals surface area contributed by atoms with Gasteiger partial charge in [0.05, 0.1) is 10.6 Å². The summed E-state index contributed by atoms with van der Waals surface area (Å²) < 4.78 is 10.5. The van der Waals surface area contributed by atoms with Gasteiger partial charge in [-0.2, -0.15) is 4.99 Å². The Morgan fingerprint density at radius 2 is 2.19 bits per heavy atom. The average molecular weight is 238 g/mol. The molecule has 1 heterocycles. The summed E-state index contributed by atoms with van der Waals surface area (Å²) in [6, 6.07) is 3.62. The number of aliphatic imine (C=N–C) groups is 1. The second kappa shape index (κ2) is 3.24. The zero-order chi connectivity index (χ0) is 11.2. The molecular formula is C11H8ClNO3. The Morgan fingerprint density at radius 3 is 2.88 bits per heavy atom. The molecule has 0 atom stereocenters. The highest BCUT2D eigenvalue weighted by Crippen LogP contribution is 2.52. The lowest BCUT2D eigenvalue weighted by Gasteiger charge is -2.09. The Labute approximate surface area is 96.8 Å². The average Bonchev–Trinajstić information content (AvgIpc) is 2.89. The monoisotopic (exact) mass is 237 g/mol. The molecule has 5 heteroatoms. The number of rotatable bonds is 2. The second-order valence-corrected chi connectivity index (χ2v) is 4.33. The van der Waals surface area contributed by atoms with Crippen molar-refractivity contribution in [3.63, 3.8) is 0 Å². The predicted molar refractivity (Wildman–Crippen MR) is 56.6 cm³/mol. The minimum atomic E-state index is -0.424. The van der Waals surface area contributed by atoms with E-state index >= 15 is 0 Å². The van der Waals surface area contributed by atoms with Crippen LogP contribution in [0, 0.1) is 0 Å². The van der Waals surface area contributed by atoms with Crippen LogP contribution in [-0.4, -0.2) is 12.9 Å². The van der Waals surface area contributed by atoms with Crippen molar-refractivity contribution in [2.45, 2.75) is 18.4 Å². The molecule has 0 saturated heterocycles. The van der Waals surface area contributed by atoms with Crippen molar-refractivity contribution in [3.05, 3.63) is 22.7 Å². The summed E-state index contributed by atoms with van der Waals surface area (Å²) in [5, 5.41) is 0.498. The summed E-state index contributed by atoms with van der Waals surface area (Å²) in [5.74, 6) is 1.19. The van der Waals surface area contributed by atoms with Crippen LogP contribution in [0.1, 0.15) is 18.4 Å². The third-order valence-electron chi connectivity index (χ3n) is 2.95. The van der Waals surface area contributed by atoms with E-state index in [1.807, 2.05) is 6.07 Å². The predicted octanol–water partition coefficient (Wildman–Crippen LogP) is 2.39. The van der Waals surface area contributed by atoms with E-state index in [1.54, 1.807) is 12.1 Å². The number of carbonyl (C=O) groups excluding carboxylic acids is 1. The van der Waals surface area contributed by atoms with Crippen LogP contribution in [0.4, 0.5) is 0 Å². The molecule has 0 amide bonds. The molecular weight excluding hydrogens is 230 g/mol. The molecule has 2 aliphatic rings. The number of isocyanates is 1. The van der Waals surface area contributed by atoms with E-state index in [1.165, 1.54) is 0 Å². The summed E-state index contributed by atoms with van der Waals surface area (Å²) in [7, 11) is 0. The van der Waals surface area contributed by atoms with Crippen molar-refractivity contribution in [2.75, 3.05) is 6.79 Å². The van der Waals surface area contributed by atoms with Crippen LogP contribution in [0.5, 0.6) is 11.5 Å². The molecule has 0 unspecified atom stereocenters. The van der Waals surface area contributed by atoms with Crippen LogP contribution in [0.3, 0.4) is 0 Å². The number of hydrogen-bond donors (Lipinski definition) is 0. The lowest BCUT2D eigenvalue weighted by atomic mass is 10.0. The van der Waals surface area contributed by atoms with Gasteiger partial charge in [0, 0.05) is 0 Å². The van der Waals surface area contributed by atoms with Gasteiger partial charge in [-0.3, -0.25) is 0 Å². The van der Waals surface area contributed by atoms with Crippen LogP contribution in [0.2, 0.25) is 5.02 Å². The lowest BCUT2D eigenvalue weighted by Crippen LogP contribution is -2.02. The fraction of sp³-hybridized carbons (Fsp3) is 0.364. The number of halogens is 1. The van der Waals surface area contributed by atoms with Gasteiger partial charge in [0.2, 0.25) is 12.9 Å². The fourth-order valence-electron chi connectivity index (χ4n) is 1.91.